The fourth-order valence-corrected chi connectivity index (χ4v) is 3.38. The maximum absolute atomic E-state index is 6.27. The second-order valence-corrected chi connectivity index (χ2v) is 6.46. The SMILES string of the molecule is Cn1ncc2c(N3CCN(Cc4ccccc4Cl)CC3)ncnc21. The van der Waals surface area contributed by atoms with Gasteiger partial charge >= 0.3 is 0 Å². The minimum Gasteiger partial charge on any atom is -0.353 e. The summed E-state index contributed by atoms with van der Waals surface area (Å²) in [5, 5.41) is 6.15. The molecule has 0 unspecified atom stereocenters. The van der Waals surface area contributed by atoms with Crippen molar-refractivity contribution in [2.75, 3.05) is 31.1 Å². The van der Waals surface area contributed by atoms with Crippen LogP contribution in [0.3, 0.4) is 0 Å². The van der Waals surface area contributed by atoms with E-state index >= 15 is 0 Å². The molecule has 0 aliphatic carbocycles. The lowest BCUT2D eigenvalue weighted by molar-refractivity contribution is 0.249. The van der Waals surface area contributed by atoms with Crippen LogP contribution in [0.1, 0.15) is 5.56 Å². The predicted octanol–water partition coefficient (Wildman–Crippen LogP) is 2.34. The van der Waals surface area contributed by atoms with Gasteiger partial charge in [0.15, 0.2) is 5.65 Å². The number of hydrogen-bond acceptors (Lipinski definition) is 5. The molecule has 0 atom stereocenters. The van der Waals surface area contributed by atoms with E-state index in [2.05, 4.69) is 30.9 Å². The lowest BCUT2D eigenvalue weighted by Gasteiger charge is -2.35. The zero-order chi connectivity index (χ0) is 16.5. The predicted molar refractivity (Wildman–Crippen MR) is 95.2 cm³/mol. The van der Waals surface area contributed by atoms with Crippen LogP contribution in [0, 0.1) is 0 Å². The molecule has 0 saturated carbocycles. The van der Waals surface area contributed by atoms with Gasteiger partial charge in [0, 0.05) is 44.8 Å². The highest BCUT2D eigenvalue weighted by atomic mass is 35.5. The highest BCUT2D eigenvalue weighted by Gasteiger charge is 2.21. The quantitative estimate of drug-likeness (QED) is 0.731. The molecule has 6 nitrogen and oxygen atoms in total. The molecule has 0 N–H and O–H groups in total. The van der Waals surface area contributed by atoms with E-state index in [0.29, 0.717) is 0 Å². The van der Waals surface area contributed by atoms with Gasteiger partial charge in [-0.2, -0.15) is 5.10 Å². The second kappa shape index (κ2) is 6.37. The lowest BCUT2D eigenvalue weighted by Crippen LogP contribution is -2.46. The molecule has 7 heteroatoms. The Morgan fingerprint density at radius 3 is 2.67 bits per heavy atom. The minimum atomic E-state index is 0.841. The van der Waals surface area contributed by atoms with Crippen LogP contribution in [0.5, 0.6) is 0 Å². The number of anilines is 1. The first-order valence-corrected chi connectivity index (χ1v) is 8.43. The van der Waals surface area contributed by atoms with Crippen LogP contribution in [-0.2, 0) is 13.6 Å². The summed E-state index contributed by atoms with van der Waals surface area (Å²) in [6, 6.07) is 8.06. The Morgan fingerprint density at radius 1 is 1.08 bits per heavy atom. The maximum Gasteiger partial charge on any atom is 0.163 e. The Kier molecular flexibility index (Phi) is 4.08. The lowest BCUT2D eigenvalue weighted by atomic mass is 10.2. The van der Waals surface area contributed by atoms with Crippen LogP contribution < -0.4 is 4.90 Å². The summed E-state index contributed by atoms with van der Waals surface area (Å²) in [7, 11) is 1.90. The maximum atomic E-state index is 6.27. The Hall–Kier alpha value is -2.18. The molecule has 1 saturated heterocycles. The average molecular weight is 343 g/mol. The van der Waals surface area contributed by atoms with Gasteiger partial charge in [0.2, 0.25) is 0 Å². The molecular weight excluding hydrogens is 324 g/mol. The van der Waals surface area contributed by atoms with Crippen molar-refractivity contribution in [3.8, 4) is 0 Å². The number of halogens is 1. The first-order valence-electron chi connectivity index (χ1n) is 8.06. The smallest absolute Gasteiger partial charge is 0.163 e. The third-order valence-corrected chi connectivity index (χ3v) is 4.90. The highest BCUT2D eigenvalue weighted by Crippen LogP contribution is 2.24. The number of rotatable bonds is 3. The van der Waals surface area contributed by atoms with Gasteiger partial charge in [0.1, 0.15) is 12.1 Å². The molecular formula is C17H19ClN6. The fourth-order valence-electron chi connectivity index (χ4n) is 3.19. The number of piperazine rings is 1. The number of benzene rings is 1. The monoisotopic (exact) mass is 342 g/mol. The third-order valence-electron chi connectivity index (χ3n) is 4.53. The Bertz CT molecular complexity index is 853. The van der Waals surface area contributed by atoms with Gasteiger partial charge in [0.25, 0.3) is 0 Å². The van der Waals surface area contributed by atoms with Gasteiger partial charge in [0.05, 0.1) is 11.6 Å². The van der Waals surface area contributed by atoms with Crippen molar-refractivity contribution >= 4 is 28.5 Å². The van der Waals surface area contributed by atoms with Gasteiger partial charge in [-0.1, -0.05) is 29.8 Å². The van der Waals surface area contributed by atoms with Gasteiger partial charge in [-0.15, -0.1) is 0 Å². The van der Waals surface area contributed by atoms with Gasteiger partial charge in [-0.3, -0.25) is 9.58 Å². The Morgan fingerprint density at radius 2 is 1.88 bits per heavy atom. The van der Waals surface area contributed by atoms with Crippen molar-refractivity contribution in [1.82, 2.24) is 24.6 Å². The van der Waals surface area contributed by atoms with E-state index in [-0.39, 0.29) is 0 Å². The van der Waals surface area contributed by atoms with Crippen molar-refractivity contribution in [3.05, 3.63) is 47.4 Å². The van der Waals surface area contributed by atoms with Crippen molar-refractivity contribution in [2.24, 2.45) is 7.05 Å². The molecule has 0 radical (unpaired) electrons. The van der Waals surface area contributed by atoms with Crippen LogP contribution in [-0.4, -0.2) is 50.8 Å². The summed E-state index contributed by atoms with van der Waals surface area (Å²) in [6.45, 7) is 4.73. The van der Waals surface area contributed by atoms with Crippen LogP contribution in [0.25, 0.3) is 11.0 Å². The normalized spacial score (nSPS) is 16.0. The third kappa shape index (κ3) is 2.83. The molecule has 4 rings (SSSR count). The van der Waals surface area contributed by atoms with Gasteiger partial charge in [-0.25, -0.2) is 9.97 Å². The van der Waals surface area contributed by atoms with E-state index in [1.165, 1.54) is 5.56 Å². The highest BCUT2D eigenvalue weighted by molar-refractivity contribution is 6.31. The summed E-state index contributed by atoms with van der Waals surface area (Å²) >= 11 is 6.27. The average Bonchev–Trinajstić information content (AvgIpc) is 2.99. The Balaban J connectivity index is 1.47. The first kappa shape index (κ1) is 15.4. The molecule has 1 fully saturated rings. The van der Waals surface area contributed by atoms with Crippen LogP contribution in [0.2, 0.25) is 5.02 Å². The standard InChI is InChI=1S/C17H19ClN6/c1-22-16-14(10-21-22)17(20-12-19-16)24-8-6-23(7-9-24)11-13-4-2-3-5-15(13)18/h2-5,10,12H,6-9,11H2,1H3. The van der Waals surface area contributed by atoms with Crippen molar-refractivity contribution in [2.45, 2.75) is 6.54 Å². The molecule has 1 aliphatic heterocycles. The molecule has 3 heterocycles. The van der Waals surface area contributed by atoms with Crippen LogP contribution in [0.15, 0.2) is 36.8 Å². The van der Waals surface area contributed by atoms with Crippen molar-refractivity contribution < 1.29 is 0 Å². The fraction of sp³-hybridized carbons (Fsp3) is 0.353. The number of fused-ring (bicyclic) bond motifs is 1. The topological polar surface area (TPSA) is 50.1 Å². The van der Waals surface area contributed by atoms with E-state index in [1.807, 2.05) is 31.4 Å². The van der Waals surface area contributed by atoms with E-state index in [1.54, 1.807) is 11.0 Å². The molecule has 0 bridgehead atoms. The number of hydrogen-bond donors (Lipinski definition) is 0. The van der Waals surface area contributed by atoms with Crippen LogP contribution >= 0.6 is 11.6 Å². The molecule has 1 aromatic carbocycles. The zero-order valence-electron chi connectivity index (χ0n) is 13.6. The molecule has 0 spiro atoms. The summed E-state index contributed by atoms with van der Waals surface area (Å²) in [4.78, 5) is 13.5. The van der Waals surface area contributed by atoms with Crippen molar-refractivity contribution in [3.63, 3.8) is 0 Å². The number of nitrogens with zero attached hydrogens (tertiary/aromatic N) is 6. The van der Waals surface area contributed by atoms with Gasteiger partial charge < -0.3 is 4.90 Å². The van der Waals surface area contributed by atoms with E-state index in [0.717, 1.165) is 54.6 Å². The molecule has 1 aliphatic rings. The van der Waals surface area contributed by atoms with E-state index < -0.39 is 0 Å². The summed E-state index contributed by atoms with van der Waals surface area (Å²) in [6.07, 6.45) is 3.47. The molecule has 2 aromatic heterocycles. The van der Waals surface area contributed by atoms with Gasteiger partial charge in [-0.05, 0) is 11.6 Å². The number of aryl methyl sites for hydroxylation is 1. The van der Waals surface area contributed by atoms with E-state index in [4.69, 9.17) is 11.6 Å². The zero-order valence-corrected chi connectivity index (χ0v) is 14.3. The number of aromatic nitrogens is 4. The molecule has 0 amide bonds. The minimum absolute atomic E-state index is 0.841. The molecule has 24 heavy (non-hydrogen) atoms. The second-order valence-electron chi connectivity index (χ2n) is 6.06. The first-order chi connectivity index (χ1) is 11.7. The molecule has 3 aromatic rings. The molecule has 124 valence electrons. The van der Waals surface area contributed by atoms with Crippen molar-refractivity contribution in [1.29, 1.82) is 0 Å². The Labute approximate surface area is 145 Å². The summed E-state index contributed by atoms with van der Waals surface area (Å²) in [5.74, 6) is 0.977. The summed E-state index contributed by atoms with van der Waals surface area (Å²) < 4.78 is 1.79. The van der Waals surface area contributed by atoms with E-state index in [9.17, 15) is 0 Å². The summed E-state index contributed by atoms with van der Waals surface area (Å²) in [5.41, 5.74) is 2.06. The van der Waals surface area contributed by atoms with Crippen LogP contribution in [0.4, 0.5) is 5.82 Å². The largest absolute Gasteiger partial charge is 0.353 e.